The van der Waals surface area contributed by atoms with Gasteiger partial charge in [-0.15, -0.1) is 0 Å². The molecule has 1 saturated carbocycles. The lowest BCUT2D eigenvalue weighted by atomic mass is 9.73. The first-order valence-electron chi connectivity index (χ1n) is 14.9. The smallest absolute Gasteiger partial charge is 0.222 e. The SMILES string of the molecule is CNC[C@@H](CC(=O)N1CCC[C@@H]([C@@](O)(CCCC2CC2)c2ccccc2Oc2ccccc2)C1)CC(C)C. The van der Waals surface area contributed by atoms with E-state index in [2.05, 4.69) is 19.2 Å². The number of nitrogens with zero attached hydrogens (tertiary/aromatic N) is 1. The summed E-state index contributed by atoms with van der Waals surface area (Å²) >= 11 is 0. The van der Waals surface area contributed by atoms with Crippen molar-refractivity contribution in [2.45, 2.75) is 77.2 Å². The molecule has 0 aromatic heterocycles. The summed E-state index contributed by atoms with van der Waals surface area (Å²) in [5, 5.41) is 15.8. The number of aliphatic hydroxyl groups is 1. The molecule has 2 N–H and O–H groups in total. The van der Waals surface area contributed by atoms with Crippen molar-refractivity contribution >= 4 is 5.91 Å². The number of carbonyl (C=O) groups excluding carboxylic acids is 1. The van der Waals surface area contributed by atoms with Crippen LogP contribution in [0.3, 0.4) is 0 Å². The number of carbonyl (C=O) groups is 1. The first kappa shape index (κ1) is 28.6. The van der Waals surface area contributed by atoms with Crippen molar-refractivity contribution in [2.75, 3.05) is 26.7 Å². The number of benzene rings is 2. The molecule has 1 heterocycles. The molecule has 0 spiro atoms. The number of ether oxygens (including phenoxy) is 1. The monoisotopic (exact) mass is 520 g/mol. The summed E-state index contributed by atoms with van der Waals surface area (Å²) in [6.45, 7) is 6.69. The molecular weight excluding hydrogens is 472 g/mol. The largest absolute Gasteiger partial charge is 0.457 e. The van der Waals surface area contributed by atoms with Crippen LogP contribution in [0.15, 0.2) is 54.6 Å². The average molecular weight is 521 g/mol. The van der Waals surface area contributed by atoms with Gasteiger partial charge in [0.15, 0.2) is 0 Å². The molecule has 2 fully saturated rings. The van der Waals surface area contributed by atoms with Crippen molar-refractivity contribution in [3.63, 3.8) is 0 Å². The number of amides is 1. The minimum absolute atomic E-state index is 0.0206. The molecule has 2 aliphatic rings. The number of nitrogens with one attached hydrogen (secondary N) is 1. The van der Waals surface area contributed by atoms with Crippen molar-refractivity contribution in [3.8, 4) is 11.5 Å². The molecule has 38 heavy (non-hydrogen) atoms. The minimum Gasteiger partial charge on any atom is -0.457 e. The van der Waals surface area contributed by atoms with Crippen molar-refractivity contribution in [3.05, 3.63) is 60.2 Å². The third-order valence-electron chi connectivity index (χ3n) is 8.40. The molecular formula is C33H48N2O3. The lowest BCUT2D eigenvalue weighted by Gasteiger charge is -2.43. The topological polar surface area (TPSA) is 61.8 Å². The minimum atomic E-state index is -1.04. The lowest BCUT2D eigenvalue weighted by molar-refractivity contribution is -0.137. The van der Waals surface area contributed by atoms with Gasteiger partial charge < -0.3 is 20.1 Å². The fourth-order valence-electron chi connectivity index (χ4n) is 6.32. The van der Waals surface area contributed by atoms with Crippen molar-refractivity contribution < 1.29 is 14.6 Å². The van der Waals surface area contributed by atoms with E-state index in [0.29, 0.717) is 37.0 Å². The van der Waals surface area contributed by atoms with Crippen LogP contribution in [0.2, 0.25) is 0 Å². The molecule has 0 unspecified atom stereocenters. The molecule has 2 aromatic carbocycles. The van der Waals surface area contributed by atoms with Gasteiger partial charge in [-0.1, -0.05) is 69.5 Å². The average Bonchev–Trinajstić information content (AvgIpc) is 3.74. The second-order valence-corrected chi connectivity index (χ2v) is 12.1. The molecule has 0 bridgehead atoms. The number of rotatable bonds is 14. The Labute approximate surface area is 230 Å². The summed E-state index contributed by atoms with van der Waals surface area (Å²) < 4.78 is 6.33. The normalized spacial score (nSPS) is 20.2. The zero-order valence-corrected chi connectivity index (χ0v) is 23.7. The summed E-state index contributed by atoms with van der Waals surface area (Å²) in [4.78, 5) is 15.5. The highest BCUT2D eigenvalue weighted by atomic mass is 16.5. The summed E-state index contributed by atoms with van der Waals surface area (Å²) in [6.07, 6.45) is 8.94. The Morgan fingerprint density at radius 1 is 1.11 bits per heavy atom. The molecule has 208 valence electrons. The Bertz CT molecular complexity index is 1010. The summed E-state index contributed by atoms with van der Waals surface area (Å²) in [5.74, 6) is 3.41. The predicted octanol–water partition coefficient (Wildman–Crippen LogP) is 6.76. The zero-order valence-electron chi connectivity index (χ0n) is 23.7. The highest BCUT2D eigenvalue weighted by Gasteiger charge is 2.43. The standard InChI is InChI=1S/C33H48N2O3/c1-25(2)21-27(23-34-3)22-32(36)35-20-10-12-28(24-35)33(37,19-9-11-26-17-18-26)30-15-7-8-16-31(30)38-29-13-5-4-6-14-29/h4-8,13-16,25-28,34,37H,9-12,17-24H2,1-3H3/t27-,28-,33+/m1/s1. The third-order valence-corrected chi connectivity index (χ3v) is 8.40. The molecule has 4 rings (SSSR count). The molecule has 0 radical (unpaired) electrons. The third kappa shape index (κ3) is 7.83. The van der Waals surface area contributed by atoms with Crippen LogP contribution in [-0.2, 0) is 10.4 Å². The van der Waals surface area contributed by atoms with Gasteiger partial charge in [-0.05, 0) is 81.6 Å². The number of likely N-dealkylation sites (tertiary alicyclic amines) is 1. The fraction of sp³-hybridized carbons (Fsp3) is 0.606. The van der Waals surface area contributed by atoms with E-state index >= 15 is 0 Å². The second-order valence-electron chi connectivity index (χ2n) is 12.1. The molecule has 5 heteroatoms. The molecule has 1 aliphatic carbocycles. The van der Waals surface area contributed by atoms with Crippen LogP contribution in [0, 0.1) is 23.7 Å². The zero-order chi connectivity index (χ0) is 27.0. The van der Waals surface area contributed by atoms with Crippen LogP contribution >= 0.6 is 0 Å². The Morgan fingerprint density at radius 2 is 1.84 bits per heavy atom. The number of hydrogen-bond donors (Lipinski definition) is 2. The van der Waals surface area contributed by atoms with E-state index in [1.165, 1.54) is 19.3 Å². The maximum absolute atomic E-state index is 13.5. The van der Waals surface area contributed by atoms with Crippen LogP contribution in [0.1, 0.15) is 77.2 Å². The Balaban J connectivity index is 1.55. The van der Waals surface area contributed by atoms with Gasteiger partial charge in [0.25, 0.3) is 0 Å². The second kappa shape index (κ2) is 13.6. The Hall–Kier alpha value is -2.37. The maximum atomic E-state index is 13.5. The van der Waals surface area contributed by atoms with E-state index in [0.717, 1.165) is 56.0 Å². The maximum Gasteiger partial charge on any atom is 0.222 e. The highest BCUT2D eigenvalue weighted by molar-refractivity contribution is 5.76. The van der Waals surface area contributed by atoms with Crippen LogP contribution in [0.25, 0.3) is 0 Å². The van der Waals surface area contributed by atoms with Gasteiger partial charge in [-0.25, -0.2) is 0 Å². The van der Waals surface area contributed by atoms with Gasteiger partial charge in [0, 0.05) is 31.0 Å². The van der Waals surface area contributed by atoms with Gasteiger partial charge >= 0.3 is 0 Å². The molecule has 2 aromatic rings. The van der Waals surface area contributed by atoms with Crippen LogP contribution < -0.4 is 10.1 Å². The molecule has 5 nitrogen and oxygen atoms in total. The Kier molecular flexibility index (Phi) is 10.3. The van der Waals surface area contributed by atoms with Crippen molar-refractivity contribution in [1.82, 2.24) is 10.2 Å². The van der Waals surface area contributed by atoms with E-state index in [4.69, 9.17) is 4.74 Å². The Morgan fingerprint density at radius 3 is 2.55 bits per heavy atom. The summed E-state index contributed by atoms with van der Waals surface area (Å²) in [5.41, 5.74) is -0.187. The van der Waals surface area contributed by atoms with Gasteiger partial charge in [0.2, 0.25) is 5.91 Å². The lowest BCUT2D eigenvalue weighted by Crippen LogP contribution is -2.48. The van der Waals surface area contributed by atoms with Gasteiger partial charge in [0.1, 0.15) is 11.5 Å². The quantitative estimate of drug-likeness (QED) is 0.289. The van der Waals surface area contributed by atoms with Crippen LogP contribution in [0.5, 0.6) is 11.5 Å². The summed E-state index contributed by atoms with van der Waals surface area (Å²) in [7, 11) is 1.96. The molecule has 1 amide bonds. The van der Waals surface area contributed by atoms with E-state index in [1.807, 2.05) is 66.5 Å². The molecule has 1 saturated heterocycles. The highest BCUT2D eigenvalue weighted by Crippen LogP contribution is 2.45. The van der Waals surface area contributed by atoms with E-state index in [9.17, 15) is 9.90 Å². The van der Waals surface area contributed by atoms with Crippen molar-refractivity contribution in [1.29, 1.82) is 0 Å². The predicted molar refractivity (Wildman–Crippen MR) is 154 cm³/mol. The van der Waals surface area contributed by atoms with Gasteiger partial charge in [-0.2, -0.15) is 0 Å². The van der Waals surface area contributed by atoms with Gasteiger partial charge in [-0.3, -0.25) is 4.79 Å². The van der Waals surface area contributed by atoms with Crippen LogP contribution in [0.4, 0.5) is 0 Å². The summed E-state index contributed by atoms with van der Waals surface area (Å²) in [6, 6.07) is 17.8. The first-order valence-corrected chi connectivity index (χ1v) is 14.9. The molecule has 3 atom stereocenters. The fourth-order valence-corrected chi connectivity index (χ4v) is 6.32. The number of para-hydroxylation sites is 2. The number of hydrogen-bond acceptors (Lipinski definition) is 4. The van der Waals surface area contributed by atoms with E-state index in [1.54, 1.807) is 0 Å². The van der Waals surface area contributed by atoms with Gasteiger partial charge in [0.05, 0.1) is 5.60 Å². The van der Waals surface area contributed by atoms with Crippen LogP contribution in [-0.4, -0.2) is 42.6 Å². The van der Waals surface area contributed by atoms with E-state index < -0.39 is 5.60 Å². The first-order chi connectivity index (χ1) is 18.4. The van der Waals surface area contributed by atoms with E-state index in [-0.39, 0.29) is 11.8 Å². The molecule has 1 aliphatic heterocycles. The number of piperidine rings is 1. The van der Waals surface area contributed by atoms with Crippen molar-refractivity contribution in [2.24, 2.45) is 23.7 Å².